The summed E-state index contributed by atoms with van der Waals surface area (Å²) >= 11 is 0. The Kier molecular flexibility index (Phi) is 7.72. The predicted molar refractivity (Wildman–Crippen MR) is 108 cm³/mol. The summed E-state index contributed by atoms with van der Waals surface area (Å²) in [5.41, 5.74) is 4.00. The fourth-order valence-corrected chi connectivity index (χ4v) is 3.16. The third-order valence-electron chi connectivity index (χ3n) is 4.51. The first-order chi connectivity index (χ1) is 13.3. The van der Waals surface area contributed by atoms with Crippen LogP contribution in [0.1, 0.15) is 54.6 Å². The molecule has 2 aromatic rings. The Morgan fingerprint density at radius 3 is 2.46 bits per heavy atom. The fraction of sp³-hybridized carbons (Fsp3) is 0.524. The molecule has 1 aromatic heterocycles. The molecule has 2 amide bonds. The minimum atomic E-state index is -0.202. The highest BCUT2D eigenvalue weighted by Crippen LogP contribution is 2.21. The zero-order valence-electron chi connectivity index (χ0n) is 17.5. The minimum absolute atomic E-state index is 0.0206. The SMILES string of the molecule is CCCc1noc(CCCC(=O)N(C)CC(=O)Nc2c(C)cc(C)cc2C)n1. The van der Waals surface area contributed by atoms with Gasteiger partial charge in [0.2, 0.25) is 17.7 Å². The maximum Gasteiger partial charge on any atom is 0.243 e. The molecule has 0 saturated carbocycles. The van der Waals surface area contributed by atoms with Crippen molar-refractivity contribution in [2.45, 2.75) is 59.8 Å². The molecule has 2 rings (SSSR count). The summed E-state index contributed by atoms with van der Waals surface area (Å²) in [5, 5.41) is 6.83. The lowest BCUT2D eigenvalue weighted by molar-refractivity contribution is -0.133. The van der Waals surface area contributed by atoms with Gasteiger partial charge in [0.15, 0.2) is 5.82 Å². The summed E-state index contributed by atoms with van der Waals surface area (Å²) in [6.07, 6.45) is 3.25. The first-order valence-electron chi connectivity index (χ1n) is 9.73. The van der Waals surface area contributed by atoms with Gasteiger partial charge >= 0.3 is 0 Å². The van der Waals surface area contributed by atoms with E-state index in [1.807, 2.05) is 32.9 Å². The number of nitrogens with one attached hydrogen (secondary N) is 1. The van der Waals surface area contributed by atoms with E-state index in [0.29, 0.717) is 31.0 Å². The summed E-state index contributed by atoms with van der Waals surface area (Å²) in [7, 11) is 1.64. The van der Waals surface area contributed by atoms with Crippen molar-refractivity contribution < 1.29 is 14.1 Å². The molecule has 0 unspecified atom stereocenters. The summed E-state index contributed by atoms with van der Waals surface area (Å²) in [5.74, 6) is 0.981. The number of benzene rings is 1. The van der Waals surface area contributed by atoms with Gasteiger partial charge in [0, 0.05) is 32.0 Å². The summed E-state index contributed by atoms with van der Waals surface area (Å²) < 4.78 is 5.17. The van der Waals surface area contributed by atoms with Gasteiger partial charge in [-0.25, -0.2) is 0 Å². The number of carbonyl (C=O) groups excluding carboxylic acids is 2. The number of rotatable bonds is 9. The zero-order chi connectivity index (χ0) is 20.7. The first-order valence-corrected chi connectivity index (χ1v) is 9.73. The van der Waals surface area contributed by atoms with Gasteiger partial charge in [-0.1, -0.05) is 29.8 Å². The van der Waals surface area contributed by atoms with Gasteiger partial charge in [0.1, 0.15) is 0 Å². The van der Waals surface area contributed by atoms with Crippen LogP contribution in [0.25, 0.3) is 0 Å². The van der Waals surface area contributed by atoms with Crippen LogP contribution in [0.4, 0.5) is 5.69 Å². The van der Waals surface area contributed by atoms with E-state index in [-0.39, 0.29) is 18.4 Å². The van der Waals surface area contributed by atoms with E-state index in [0.717, 1.165) is 35.2 Å². The van der Waals surface area contributed by atoms with Gasteiger partial charge in [-0.3, -0.25) is 9.59 Å². The molecular weight excluding hydrogens is 356 g/mol. The van der Waals surface area contributed by atoms with Crippen LogP contribution < -0.4 is 5.32 Å². The van der Waals surface area contributed by atoms with Crippen LogP contribution in [0.2, 0.25) is 0 Å². The number of amides is 2. The third-order valence-corrected chi connectivity index (χ3v) is 4.51. The number of likely N-dealkylation sites (N-methyl/N-ethyl adjacent to an activating group) is 1. The predicted octanol–water partition coefficient (Wildman–Crippen LogP) is 3.37. The van der Waals surface area contributed by atoms with Gasteiger partial charge in [0.05, 0.1) is 6.54 Å². The number of anilines is 1. The van der Waals surface area contributed by atoms with E-state index < -0.39 is 0 Å². The largest absolute Gasteiger partial charge is 0.339 e. The van der Waals surface area contributed by atoms with Crippen LogP contribution in [-0.2, 0) is 22.4 Å². The quantitative estimate of drug-likeness (QED) is 0.714. The van der Waals surface area contributed by atoms with Crippen LogP contribution in [0.15, 0.2) is 16.7 Å². The Morgan fingerprint density at radius 2 is 1.82 bits per heavy atom. The van der Waals surface area contributed by atoms with Crippen molar-refractivity contribution in [3.8, 4) is 0 Å². The molecule has 0 saturated heterocycles. The van der Waals surface area contributed by atoms with Gasteiger partial charge in [0.25, 0.3) is 0 Å². The molecule has 0 fully saturated rings. The van der Waals surface area contributed by atoms with Gasteiger partial charge < -0.3 is 14.7 Å². The molecule has 0 spiro atoms. The van der Waals surface area contributed by atoms with Crippen molar-refractivity contribution in [3.05, 3.63) is 40.5 Å². The van der Waals surface area contributed by atoms with Gasteiger partial charge in [-0.15, -0.1) is 0 Å². The standard InChI is InChI=1S/C21H30N4O3/c1-6-8-17-22-19(28-24-17)9-7-10-20(27)25(5)13-18(26)23-21-15(3)11-14(2)12-16(21)4/h11-12H,6-10,13H2,1-5H3,(H,23,26). The van der Waals surface area contributed by atoms with Crippen molar-refractivity contribution >= 4 is 17.5 Å². The van der Waals surface area contributed by atoms with Crippen LogP contribution in [0.3, 0.4) is 0 Å². The summed E-state index contributed by atoms with van der Waals surface area (Å²) in [6, 6.07) is 4.06. The molecule has 0 aliphatic carbocycles. The summed E-state index contributed by atoms with van der Waals surface area (Å²) in [4.78, 5) is 30.4. The molecule has 0 atom stereocenters. The highest BCUT2D eigenvalue weighted by Gasteiger charge is 2.15. The molecule has 1 aromatic carbocycles. The van der Waals surface area contributed by atoms with Crippen LogP contribution in [-0.4, -0.2) is 40.4 Å². The maximum absolute atomic E-state index is 12.3. The van der Waals surface area contributed by atoms with E-state index in [9.17, 15) is 9.59 Å². The third kappa shape index (κ3) is 6.18. The molecule has 0 radical (unpaired) electrons. The highest BCUT2D eigenvalue weighted by molar-refractivity contribution is 5.95. The minimum Gasteiger partial charge on any atom is -0.339 e. The first kappa shape index (κ1) is 21.6. The second kappa shape index (κ2) is 10.0. The smallest absolute Gasteiger partial charge is 0.243 e. The molecule has 0 aliphatic rings. The Bertz CT molecular complexity index is 806. The van der Waals surface area contributed by atoms with Crippen LogP contribution in [0.5, 0.6) is 0 Å². The molecule has 0 aliphatic heterocycles. The molecular formula is C21H30N4O3. The number of nitrogens with zero attached hydrogens (tertiary/aromatic N) is 3. The molecule has 1 heterocycles. The van der Waals surface area contributed by atoms with Gasteiger partial charge in [-0.05, 0) is 44.7 Å². The number of aromatic nitrogens is 2. The average Bonchev–Trinajstić information content (AvgIpc) is 3.05. The van der Waals surface area contributed by atoms with Crippen LogP contribution >= 0.6 is 0 Å². The second-order valence-electron chi connectivity index (χ2n) is 7.28. The van der Waals surface area contributed by atoms with E-state index in [4.69, 9.17) is 4.52 Å². The van der Waals surface area contributed by atoms with E-state index in [1.54, 1.807) is 7.05 Å². The van der Waals surface area contributed by atoms with Crippen molar-refractivity contribution in [2.75, 3.05) is 18.9 Å². The fourth-order valence-electron chi connectivity index (χ4n) is 3.16. The zero-order valence-corrected chi connectivity index (χ0v) is 17.5. The summed E-state index contributed by atoms with van der Waals surface area (Å²) in [6.45, 7) is 8.04. The number of carbonyl (C=O) groups is 2. The van der Waals surface area contributed by atoms with Crippen molar-refractivity contribution in [2.24, 2.45) is 0 Å². The lowest BCUT2D eigenvalue weighted by Gasteiger charge is -2.18. The molecule has 28 heavy (non-hydrogen) atoms. The Morgan fingerprint density at radius 1 is 1.14 bits per heavy atom. The molecule has 7 nitrogen and oxygen atoms in total. The molecule has 1 N–H and O–H groups in total. The van der Waals surface area contributed by atoms with Crippen LogP contribution in [0, 0.1) is 20.8 Å². The molecule has 0 bridgehead atoms. The molecule has 7 heteroatoms. The van der Waals surface area contributed by atoms with Crippen molar-refractivity contribution in [1.82, 2.24) is 15.0 Å². The lowest BCUT2D eigenvalue weighted by Crippen LogP contribution is -2.35. The van der Waals surface area contributed by atoms with Crippen molar-refractivity contribution in [1.29, 1.82) is 0 Å². The lowest BCUT2D eigenvalue weighted by atomic mass is 10.1. The average molecular weight is 386 g/mol. The van der Waals surface area contributed by atoms with E-state index in [1.165, 1.54) is 4.90 Å². The number of hydrogen-bond acceptors (Lipinski definition) is 5. The Balaban J connectivity index is 1.79. The Hall–Kier alpha value is -2.70. The second-order valence-corrected chi connectivity index (χ2v) is 7.28. The van der Waals surface area contributed by atoms with Crippen molar-refractivity contribution in [3.63, 3.8) is 0 Å². The monoisotopic (exact) mass is 386 g/mol. The Labute approximate surface area is 166 Å². The van der Waals surface area contributed by atoms with Gasteiger partial charge in [-0.2, -0.15) is 4.98 Å². The topological polar surface area (TPSA) is 88.3 Å². The molecule has 152 valence electrons. The highest BCUT2D eigenvalue weighted by atomic mass is 16.5. The van der Waals surface area contributed by atoms with E-state index >= 15 is 0 Å². The number of aryl methyl sites for hydroxylation is 5. The normalized spacial score (nSPS) is 10.8. The maximum atomic E-state index is 12.3. The number of hydrogen-bond donors (Lipinski definition) is 1. The van der Waals surface area contributed by atoms with E-state index in [2.05, 4.69) is 22.4 Å².